The van der Waals surface area contributed by atoms with E-state index in [2.05, 4.69) is 15.9 Å². The van der Waals surface area contributed by atoms with Gasteiger partial charge in [-0.2, -0.15) is 0 Å². The zero-order valence-corrected chi connectivity index (χ0v) is 14.0. The zero-order chi connectivity index (χ0) is 15.2. The van der Waals surface area contributed by atoms with Crippen LogP contribution in [0.2, 0.25) is 0 Å². The van der Waals surface area contributed by atoms with Gasteiger partial charge in [0.2, 0.25) is 5.91 Å². The lowest BCUT2D eigenvalue weighted by atomic mass is 9.91. The van der Waals surface area contributed by atoms with Gasteiger partial charge in [0.05, 0.1) is 0 Å². The van der Waals surface area contributed by atoms with E-state index in [1.165, 1.54) is 12.0 Å². The molecule has 21 heavy (non-hydrogen) atoms. The number of hydrogen-bond donors (Lipinski definition) is 1. The van der Waals surface area contributed by atoms with Crippen LogP contribution in [0.1, 0.15) is 36.8 Å². The largest absolute Gasteiger partial charge is 0.396 e. The predicted octanol–water partition coefficient (Wildman–Crippen LogP) is 3.53. The molecule has 0 bridgehead atoms. The van der Waals surface area contributed by atoms with Crippen LogP contribution in [0.5, 0.6) is 0 Å². The highest BCUT2D eigenvalue weighted by atomic mass is 79.9. The molecule has 1 aliphatic carbocycles. The first-order chi connectivity index (χ1) is 10.1. The maximum atomic E-state index is 12.4. The second-order valence-electron chi connectivity index (χ2n) is 5.55. The molecule has 3 nitrogen and oxygen atoms in total. The summed E-state index contributed by atoms with van der Waals surface area (Å²) in [5.74, 6) is 0.0422. The Bertz CT molecular complexity index is 524. The monoisotopic (exact) mass is 351 g/mol. The van der Waals surface area contributed by atoms with E-state index in [-0.39, 0.29) is 12.5 Å². The minimum atomic E-state index is 0.0422. The predicted molar refractivity (Wildman–Crippen MR) is 89.0 cm³/mol. The van der Waals surface area contributed by atoms with Gasteiger partial charge < -0.3 is 10.0 Å². The van der Waals surface area contributed by atoms with Crippen molar-refractivity contribution < 1.29 is 9.90 Å². The van der Waals surface area contributed by atoms with Gasteiger partial charge in [-0.1, -0.05) is 28.1 Å². The normalized spacial score (nSPS) is 15.2. The molecule has 1 aromatic rings. The first-order valence-corrected chi connectivity index (χ1v) is 8.27. The Labute approximate surface area is 134 Å². The second-order valence-corrected chi connectivity index (χ2v) is 6.41. The third-order valence-corrected chi connectivity index (χ3v) is 4.60. The molecule has 0 atom stereocenters. The number of carbonyl (C=O) groups excluding carboxylic acids is 1. The molecule has 114 valence electrons. The Hall–Kier alpha value is -1.13. The van der Waals surface area contributed by atoms with Crippen LogP contribution >= 0.6 is 15.9 Å². The maximum Gasteiger partial charge on any atom is 0.246 e. The molecule has 1 saturated carbocycles. The van der Waals surface area contributed by atoms with Crippen molar-refractivity contribution in [2.24, 2.45) is 0 Å². The van der Waals surface area contributed by atoms with Crippen molar-refractivity contribution in [1.29, 1.82) is 0 Å². The Morgan fingerprint density at radius 3 is 2.81 bits per heavy atom. The lowest BCUT2D eigenvalue weighted by molar-refractivity contribution is -0.130. The summed E-state index contributed by atoms with van der Waals surface area (Å²) in [6.07, 6.45) is 7.51. The third kappa shape index (κ3) is 4.42. The van der Waals surface area contributed by atoms with E-state index in [1.54, 1.807) is 6.08 Å². The Morgan fingerprint density at radius 1 is 1.48 bits per heavy atom. The van der Waals surface area contributed by atoms with E-state index in [1.807, 2.05) is 36.1 Å². The average Bonchev–Trinajstić information content (AvgIpc) is 2.40. The molecule has 0 saturated heterocycles. The van der Waals surface area contributed by atoms with Crippen molar-refractivity contribution in [1.82, 2.24) is 4.90 Å². The van der Waals surface area contributed by atoms with Crippen LogP contribution in [-0.4, -0.2) is 35.1 Å². The Morgan fingerprint density at radius 2 is 2.24 bits per heavy atom. The van der Waals surface area contributed by atoms with Crippen LogP contribution in [0.15, 0.2) is 28.7 Å². The Kier molecular flexibility index (Phi) is 6.00. The Balaban J connectivity index is 2.04. The number of aliphatic hydroxyl groups is 1. The van der Waals surface area contributed by atoms with Crippen molar-refractivity contribution in [3.05, 3.63) is 39.9 Å². The van der Waals surface area contributed by atoms with Gasteiger partial charge in [-0.05, 0) is 55.9 Å². The highest BCUT2D eigenvalue weighted by Gasteiger charge is 2.26. The van der Waals surface area contributed by atoms with Gasteiger partial charge in [0, 0.05) is 29.7 Å². The van der Waals surface area contributed by atoms with Crippen LogP contribution in [-0.2, 0) is 4.79 Å². The quantitative estimate of drug-likeness (QED) is 0.796. The number of aryl methyl sites for hydroxylation is 1. The topological polar surface area (TPSA) is 40.5 Å². The van der Waals surface area contributed by atoms with E-state index in [9.17, 15) is 4.79 Å². The molecule has 2 rings (SSSR count). The molecule has 0 aromatic heterocycles. The van der Waals surface area contributed by atoms with Gasteiger partial charge in [0.1, 0.15) is 0 Å². The lowest BCUT2D eigenvalue weighted by Crippen LogP contribution is -2.44. The fraction of sp³-hybridized carbons (Fsp3) is 0.471. The van der Waals surface area contributed by atoms with Gasteiger partial charge in [-0.15, -0.1) is 0 Å². The van der Waals surface area contributed by atoms with Gasteiger partial charge in [0.15, 0.2) is 0 Å². The number of carbonyl (C=O) groups is 1. The number of benzene rings is 1. The fourth-order valence-electron chi connectivity index (χ4n) is 2.44. The average molecular weight is 352 g/mol. The minimum Gasteiger partial charge on any atom is -0.396 e. The molecule has 0 unspecified atom stereocenters. The maximum absolute atomic E-state index is 12.4. The van der Waals surface area contributed by atoms with Crippen molar-refractivity contribution in [3.63, 3.8) is 0 Å². The SMILES string of the molecule is Cc1ccc(/C=C/C(=O)N(CCCO)C2CCC2)c(Br)c1. The molecule has 1 amide bonds. The smallest absolute Gasteiger partial charge is 0.246 e. The number of aliphatic hydroxyl groups excluding tert-OH is 1. The number of halogens is 1. The van der Waals surface area contributed by atoms with E-state index in [0.717, 1.165) is 22.9 Å². The van der Waals surface area contributed by atoms with Crippen LogP contribution in [0.3, 0.4) is 0 Å². The summed E-state index contributed by atoms with van der Waals surface area (Å²) in [6.45, 7) is 2.81. The summed E-state index contributed by atoms with van der Waals surface area (Å²) in [4.78, 5) is 14.3. The number of amides is 1. The summed E-state index contributed by atoms with van der Waals surface area (Å²) >= 11 is 3.52. The van der Waals surface area contributed by atoms with Crippen molar-refractivity contribution >= 4 is 27.9 Å². The van der Waals surface area contributed by atoms with Gasteiger partial charge in [-0.3, -0.25) is 4.79 Å². The van der Waals surface area contributed by atoms with Crippen LogP contribution in [0.25, 0.3) is 6.08 Å². The minimum absolute atomic E-state index is 0.0422. The molecule has 0 heterocycles. The van der Waals surface area contributed by atoms with Gasteiger partial charge >= 0.3 is 0 Å². The van der Waals surface area contributed by atoms with Gasteiger partial charge in [0.25, 0.3) is 0 Å². The van der Waals surface area contributed by atoms with E-state index in [4.69, 9.17) is 5.11 Å². The zero-order valence-electron chi connectivity index (χ0n) is 12.4. The lowest BCUT2D eigenvalue weighted by Gasteiger charge is -2.37. The van der Waals surface area contributed by atoms with E-state index < -0.39 is 0 Å². The van der Waals surface area contributed by atoms with E-state index in [0.29, 0.717) is 19.0 Å². The summed E-state index contributed by atoms with van der Waals surface area (Å²) in [5, 5.41) is 8.98. The van der Waals surface area contributed by atoms with Crippen LogP contribution in [0, 0.1) is 6.92 Å². The van der Waals surface area contributed by atoms with Gasteiger partial charge in [-0.25, -0.2) is 0 Å². The summed E-state index contributed by atoms with van der Waals surface area (Å²) in [5.41, 5.74) is 2.19. The van der Waals surface area contributed by atoms with Crippen molar-refractivity contribution in [2.75, 3.05) is 13.2 Å². The highest BCUT2D eigenvalue weighted by Crippen LogP contribution is 2.25. The van der Waals surface area contributed by atoms with Crippen LogP contribution in [0.4, 0.5) is 0 Å². The molecule has 0 radical (unpaired) electrons. The molecule has 1 N–H and O–H groups in total. The number of nitrogens with zero attached hydrogens (tertiary/aromatic N) is 1. The first-order valence-electron chi connectivity index (χ1n) is 7.47. The fourth-order valence-corrected chi connectivity index (χ4v) is 3.06. The molecule has 1 aliphatic rings. The van der Waals surface area contributed by atoms with E-state index >= 15 is 0 Å². The number of rotatable bonds is 6. The summed E-state index contributed by atoms with van der Waals surface area (Å²) in [7, 11) is 0. The van der Waals surface area contributed by atoms with Crippen molar-refractivity contribution in [3.8, 4) is 0 Å². The van der Waals surface area contributed by atoms with Crippen LogP contribution < -0.4 is 0 Å². The first kappa shape index (κ1) is 16.2. The second kappa shape index (κ2) is 7.76. The molecule has 4 heteroatoms. The molecule has 0 aliphatic heterocycles. The molecule has 1 fully saturated rings. The summed E-state index contributed by atoms with van der Waals surface area (Å²) < 4.78 is 0.997. The van der Waals surface area contributed by atoms with Crippen molar-refractivity contribution in [2.45, 2.75) is 38.6 Å². The number of hydrogen-bond acceptors (Lipinski definition) is 2. The summed E-state index contributed by atoms with van der Waals surface area (Å²) in [6, 6.07) is 6.43. The molecular weight excluding hydrogens is 330 g/mol. The third-order valence-electron chi connectivity index (χ3n) is 3.92. The molecule has 0 spiro atoms. The molecule has 1 aromatic carbocycles. The standard InChI is InChI=1S/C17H22BrNO2/c1-13-6-7-14(16(18)12-13)8-9-17(21)19(10-3-11-20)15-4-2-5-15/h6-9,12,15,20H,2-5,10-11H2,1H3/b9-8+. The molecular formula is C17H22BrNO2. The highest BCUT2D eigenvalue weighted by molar-refractivity contribution is 9.10.